The Morgan fingerprint density at radius 3 is 2.75 bits per heavy atom. The Bertz CT molecular complexity index is 464. The van der Waals surface area contributed by atoms with E-state index in [1.165, 1.54) is 12.1 Å². The smallest absolute Gasteiger partial charge is 0.270 e. The van der Waals surface area contributed by atoms with Gasteiger partial charge in [0.15, 0.2) is 0 Å². The van der Waals surface area contributed by atoms with E-state index >= 15 is 0 Å². The standard InChI is InChI=1S/C11H12N2O3/c1-8(9(2)12-14)6-10-4-3-5-11(7-10)13(15)16/h3-7,14H,1-2H3/b8-6+,12-9+. The minimum absolute atomic E-state index is 0.0418. The molecule has 0 aliphatic rings. The number of non-ortho nitro benzene ring substituents is 1. The van der Waals surface area contributed by atoms with Crippen molar-refractivity contribution in [2.45, 2.75) is 13.8 Å². The molecule has 0 fully saturated rings. The fraction of sp³-hybridized carbons (Fsp3) is 0.182. The molecule has 0 radical (unpaired) electrons. The molecular weight excluding hydrogens is 208 g/mol. The SMILES string of the molecule is CC(=C\c1cccc([N+](=O)[O-])c1)/C(C)=N/O. The van der Waals surface area contributed by atoms with Gasteiger partial charge >= 0.3 is 0 Å². The second-order valence-corrected chi connectivity index (χ2v) is 3.36. The average molecular weight is 220 g/mol. The van der Waals surface area contributed by atoms with Crippen LogP contribution in [0.15, 0.2) is 35.0 Å². The van der Waals surface area contributed by atoms with Gasteiger partial charge in [-0.05, 0) is 31.1 Å². The summed E-state index contributed by atoms with van der Waals surface area (Å²) in [5.74, 6) is 0. The second-order valence-electron chi connectivity index (χ2n) is 3.36. The summed E-state index contributed by atoms with van der Waals surface area (Å²) in [5, 5.41) is 22.2. The topological polar surface area (TPSA) is 75.7 Å². The van der Waals surface area contributed by atoms with Gasteiger partial charge in [-0.1, -0.05) is 17.3 Å². The van der Waals surface area contributed by atoms with Crippen molar-refractivity contribution in [3.63, 3.8) is 0 Å². The third kappa shape index (κ3) is 2.91. The van der Waals surface area contributed by atoms with Gasteiger partial charge in [0.25, 0.3) is 5.69 Å². The van der Waals surface area contributed by atoms with Gasteiger partial charge in [-0.3, -0.25) is 10.1 Å². The third-order valence-corrected chi connectivity index (χ3v) is 2.18. The number of allylic oxidation sites excluding steroid dienone is 1. The number of nitro benzene ring substituents is 1. The fourth-order valence-corrected chi connectivity index (χ4v) is 1.16. The van der Waals surface area contributed by atoms with E-state index < -0.39 is 4.92 Å². The fourth-order valence-electron chi connectivity index (χ4n) is 1.16. The zero-order valence-electron chi connectivity index (χ0n) is 9.04. The maximum Gasteiger partial charge on any atom is 0.270 e. The van der Waals surface area contributed by atoms with Crippen LogP contribution in [0.25, 0.3) is 6.08 Å². The molecule has 0 saturated heterocycles. The lowest BCUT2D eigenvalue weighted by Crippen LogP contribution is -1.93. The summed E-state index contributed by atoms with van der Waals surface area (Å²) < 4.78 is 0. The largest absolute Gasteiger partial charge is 0.411 e. The lowest BCUT2D eigenvalue weighted by molar-refractivity contribution is -0.384. The van der Waals surface area contributed by atoms with E-state index in [9.17, 15) is 10.1 Å². The number of hydrogen-bond donors (Lipinski definition) is 1. The zero-order valence-corrected chi connectivity index (χ0v) is 9.04. The Labute approximate surface area is 92.9 Å². The number of oxime groups is 1. The van der Waals surface area contributed by atoms with Gasteiger partial charge < -0.3 is 5.21 Å². The minimum Gasteiger partial charge on any atom is -0.411 e. The first-order valence-corrected chi connectivity index (χ1v) is 4.66. The Morgan fingerprint density at radius 1 is 1.50 bits per heavy atom. The van der Waals surface area contributed by atoms with Gasteiger partial charge in [0.05, 0.1) is 10.6 Å². The van der Waals surface area contributed by atoms with Crippen LogP contribution in [0.1, 0.15) is 19.4 Å². The summed E-state index contributed by atoms with van der Waals surface area (Å²) in [6.07, 6.45) is 1.72. The first-order valence-electron chi connectivity index (χ1n) is 4.66. The van der Waals surface area contributed by atoms with E-state index in [0.717, 1.165) is 5.57 Å². The van der Waals surface area contributed by atoms with Crippen molar-refractivity contribution in [3.8, 4) is 0 Å². The van der Waals surface area contributed by atoms with Crippen LogP contribution >= 0.6 is 0 Å². The highest BCUT2D eigenvalue weighted by atomic mass is 16.6. The number of nitro groups is 1. The molecule has 0 amide bonds. The first-order chi connectivity index (χ1) is 7.54. The molecule has 84 valence electrons. The van der Waals surface area contributed by atoms with Crippen LogP contribution in [-0.4, -0.2) is 15.8 Å². The molecule has 5 heteroatoms. The predicted octanol–water partition coefficient (Wildman–Crippen LogP) is 2.85. The maximum absolute atomic E-state index is 10.6. The number of rotatable bonds is 3. The summed E-state index contributed by atoms with van der Waals surface area (Å²) >= 11 is 0. The van der Waals surface area contributed by atoms with Crippen molar-refractivity contribution in [2.75, 3.05) is 0 Å². The van der Waals surface area contributed by atoms with Crippen LogP contribution in [0.2, 0.25) is 0 Å². The molecule has 0 aliphatic heterocycles. The lowest BCUT2D eigenvalue weighted by Gasteiger charge is -1.99. The molecule has 0 heterocycles. The van der Waals surface area contributed by atoms with Gasteiger partial charge in [0, 0.05) is 12.1 Å². The van der Waals surface area contributed by atoms with Gasteiger partial charge in [0.2, 0.25) is 0 Å². The van der Waals surface area contributed by atoms with Crippen molar-refractivity contribution in [3.05, 3.63) is 45.5 Å². The maximum atomic E-state index is 10.6. The summed E-state index contributed by atoms with van der Waals surface area (Å²) in [5.41, 5.74) is 1.98. The Morgan fingerprint density at radius 2 is 2.19 bits per heavy atom. The zero-order chi connectivity index (χ0) is 12.1. The number of hydrogen-bond acceptors (Lipinski definition) is 4. The minimum atomic E-state index is -0.445. The Hall–Kier alpha value is -2.17. The average Bonchev–Trinajstić information content (AvgIpc) is 2.28. The molecule has 0 aromatic heterocycles. The summed E-state index contributed by atoms with van der Waals surface area (Å²) in [6, 6.07) is 6.26. The third-order valence-electron chi connectivity index (χ3n) is 2.18. The molecule has 1 rings (SSSR count). The van der Waals surface area contributed by atoms with Crippen LogP contribution in [0.5, 0.6) is 0 Å². The summed E-state index contributed by atoms with van der Waals surface area (Å²) in [6.45, 7) is 3.43. The molecule has 0 unspecified atom stereocenters. The van der Waals surface area contributed by atoms with Crippen LogP contribution in [-0.2, 0) is 0 Å². The normalized spacial score (nSPS) is 12.6. The quantitative estimate of drug-likeness (QED) is 0.368. The van der Waals surface area contributed by atoms with Crippen molar-refractivity contribution in [2.24, 2.45) is 5.16 Å². The van der Waals surface area contributed by atoms with Crippen molar-refractivity contribution < 1.29 is 10.1 Å². The molecule has 0 spiro atoms. The van der Waals surface area contributed by atoms with Crippen molar-refractivity contribution >= 4 is 17.5 Å². The molecule has 1 N–H and O–H groups in total. The van der Waals surface area contributed by atoms with E-state index in [4.69, 9.17) is 5.21 Å². The molecular formula is C11H12N2O3. The number of nitrogens with zero attached hydrogens (tertiary/aromatic N) is 2. The van der Waals surface area contributed by atoms with Crippen LogP contribution in [0.4, 0.5) is 5.69 Å². The Balaban J connectivity index is 3.06. The molecule has 0 saturated carbocycles. The van der Waals surface area contributed by atoms with Gasteiger partial charge in [-0.2, -0.15) is 0 Å². The molecule has 1 aromatic carbocycles. The highest BCUT2D eigenvalue weighted by Gasteiger charge is 2.04. The Kier molecular flexibility index (Phi) is 3.77. The molecule has 0 aliphatic carbocycles. The van der Waals surface area contributed by atoms with Crippen LogP contribution in [0.3, 0.4) is 0 Å². The van der Waals surface area contributed by atoms with Crippen LogP contribution < -0.4 is 0 Å². The molecule has 5 nitrogen and oxygen atoms in total. The highest BCUT2D eigenvalue weighted by molar-refractivity contribution is 6.01. The monoisotopic (exact) mass is 220 g/mol. The van der Waals surface area contributed by atoms with E-state index in [1.807, 2.05) is 0 Å². The molecule has 16 heavy (non-hydrogen) atoms. The molecule has 0 atom stereocenters. The van der Waals surface area contributed by atoms with Gasteiger partial charge in [-0.25, -0.2) is 0 Å². The number of benzene rings is 1. The second kappa shape index (κ2) is 5.06. The predicted molar refractivity (Wildman–Crippen MR) is 61.6 cm³/mol. The first kappa shape index (κ1) is 11.9. The van der Waals surface area contributed by atoms with Crippen molar-refractivity contribution in [1.29, 1.82) is 0 Å². The molecule has 0 bridgehead atoms. The molecule has 1 aromatic rings. The van der Waals surface area contributed by atoms with Gasteiger partial charge in [-0.15, -0.1) is 0 Å². The summed E-state index contributed by atoms with van der Waals surface area (Å²) in [4.78, 5) is 10.1. The van der Waals surface area contributed by atoms with E-state index in [1.54, 1.807) is 32.1 Å². The van der Waals surface area contributed by atoms with E-state index in [-0.39, 0.29) is 5.69 Å². The highest BCUT2D eigenvalue weighted by Crippen LogP contribution is 2.15. The summed E-state index contributed by atoms with van der Waals surface area (Å²) in [7, 11) is 0. The lowest BCUT2D eigenvalue weighted by atomic mass is 10.1. The van der Waals surface area contributed by atoms with Gasteiger partial charge in [0.1, 0.15) is 0 Å². The van der Waals surface area contributed by atoms with Crippen LogP contribution in [0, 0.1) is 10.1 Å². The van der Waals surface area contributed by atoms with E-state index in [2.05, 4.69) is 5.16 Å². The van der Waals surface area contributed by atoms with E-state index in [0.29, 0.717) is 11.3 Å². The van der Waals surface area contributed by atoms with Crippen molar-refractivity contribution in [1.82, 2.24) is 0 Å².